The Morgan fingerprint density at radius 2 is 1.42 bits per heavy atom. The van der Waals surface area contributed by atoms with Crippen LogP contribution in [0.2, 0.25) is 0 Å². The van der Waals surface area contributed by atoms with E-state index in [0.717, 1.165) is 11.1 Å². The maximum atomic E-state index is 13.3. The number of aromatic nitrogens is 2. The second-order valence-corrected chi connectivity index (χ2v) is 12.9. The summed E-state index contributed by atoms with van der Waals surface area (Å²) < 4.78 is 18.5. The summed E-state index contributed by atoms with van der Waals surface area (Å²) >= 11 is 0. The fraction of sp³-hybridized carbons (Fsp3) is 0.424. The van der Waals surface area contributed by atoms with Crippen molar-refractivity contribution in [3.8, 4) is 16.9 Å². The highest BCUT2D eigenvalue weighted by atomic mass is 16.7. The molecule has 3 amide bonds. The normalized spacial score (nSPS) is 14.5. The molecule has 0 saturated carbocycles. The van der Waals surface area contributed by atoms with Gasteiger partial charge in [-0.05, 0) is 84.7 Å². The topological polar surface area (TPSA) is 138 Å². The summed E-state index contributed by atoms with van der Waals surface area (Å²) in [4.78, 5) is 56.8. The zero-order valence-electron chi connectivity index (χ0n) is 26.7. The molecule has 1 aliphatic heterocycles. The van der Waals surface area contributed by atoms with Crippen LogP contribution in [0, 0.1) is 0 Å². The van der Waals surface area contributed by atoms with Crippen molar-refractivity contribution in [2.75, 3.05) is 13.2 Å². The summed E-state index contributed by atoms with van der Waals surface area (Å²) in [6.45, 7) is 12.7. The van der Waals surface area contributed by atoms with Crippen LogP contribution in [0.5, 0.6) is 5.75 Å². The van der Waals surface area contributed by atoms with Gasteiger partial charge in [-0.2, -0.15) is 5.10 Å². The number of imide groups is 1. The van der Waals surface area contributed by atoms with Crippen LogP contribution < -0.4 is 10.1 Å². The maximum absolute atomic E-state index is 13.3. The predicted octanol–water partition coefficient (Wildman–Crippen LogP) is 5.17. The average Bonchev–Trinajstić information content (AvgIpc) is 3.52. The van der Waals surface area contributed by atoms with Gasteiger partial charge < -0.3 is 19.5 Å². The highest BCUT2D eigenvalue weighted by Gasteiger charge is 2.47. The van der Waals surface area contributed by atoms with Gasteiger partial charge in [-0.1, -0.05) is 24.3 Å². The van der Waals surface area contributed by atoms with Gasteiger partial charge >= 0.3 is 12.1 Å². The molecule has 0 saturated heterocycles. The maximum Gasteiger partial charge on any atom is 0.407 e. The number of alkyl carbamates (subject to hydrolysis) is 1. The fourth-order valence-electron chi connectivity index (χ4n) is 4.31. The minimum atomic E-state index is -1.83. The molecular weight excluding hydrogens is 580 g/mol. The molecule has 0 fully saturated rings. The van der Waals surface area contributed by atoms with Crippen LogP contribution >= 0.6 is 0 Å². The summed E-state index contributed by atoms with van der Waals surface area (Å²) in [5, 5.41) is 7.72. The SMILES string of the molecule is CC(C)(C)OC(=O)NCCCn1cc(-c2ccc(OCC(C)(ON3C(=O)c4ccccc4C3=O)C(=O)OC(C)(C)C)cc2)cn1. The number of aryl methyl sites for hydroxylation is 1. The highest BCUT2D eigenvalue weighted by Crippen LogP contribution is 2.29. The van der Waals surface area contributed by atoms with Gasteiger partial charge in [0.05, 0.1) is 17.3 Å². The number of hydroxylamine groups is 2. The van der Waals surface area contributed by atoms with Crippen molar-refractivity contribution < 1.29 is 38.2 Å². The van der Waals surface area contributed by atoms with Gasteiger partial charge in [0, 0.05) is 24.8 Å². The van der Waals surface area contributed by atoms with Crippen LogP contribution in [0.4, 0.5) is 4.79 Å². The lowest BCUT2D eigenvalue weighted by atomic mass is 10.1. The molecule has 2 heterocycles. The second kappa shape index (κ2) is 13.1. The highest BCUT2D eigenvalue weighted by molar-refractivity contribution is 6.20. The number of carbonyl (C=O) groups excluding carboxylic acids is 4. The van der Waals surface area contributed by atoms with Crippen LogP contribution in [-0.4, -0.2) is 68.7 Å². The van der Waals surface area contributed by atoms with Crippen LogP contribution in [0.15, 0.2) is 60.9 Å². The number of ether oxygens (including phenoxy) is 3. The first-order valence-corrected chi connectivity index (χ1v) is 14.7. The fourth-order valence-corrected chi connectivity index (χ4v) is 4.31. The zero-order valence-corrected chi connectivity index (χ0v) is 26.7. The molecule has 4 rings (SSSR count). The molecule has 1 unspecified atom stereocenters. The van der Waals surface area contributed by atoms with E-state index in [9.17, 15) is 19.2 Å². The van der Waals surface area contributed by atoms with E-state index < -0.39 is 40.7 Å². The molecule has 0 bridgehead atoms. The first kappa shape index (κ1) is 33.2. The van der Waals surface area contributed by atoms with Crippen LogP contribution in [-0.2, 0) is 25.7 Å². The van der Waals surface area contributed by atoms with Crippen molar-refractivity contribution in [3.63, 3.8) is 0 Å². The van der Waals surface area contributed by atoms with Crippen molar-refractivity contribution in [1.82, 2.24) is 20.2 Å². The van der Waals surface area contributed by atoms with E-state index in [2.05, 4.69) is 10.4 Å². The summed E-state index contributed by atoms with van der Waals surface area (Å²) in [5.74, 6) is -1.71. The number of rotatable bonds is 11. The number of carbonyl (C=O) groups is 4. The zero-order chi connectivity index (χ0) is 33.0. The Morgan fingerprint density at radius 3 is 2.00 bits per heavy atom. The Labute approximate surface area is 262 Å². The van der Waals surface area contributed by atoms with Gasteiger partial charge in [-0.25, -0.2) is 14.4 Å². The number of hydrogen-bond acceptors (Lipinski definition) is 9. The Hall–Kier alpha value is -4.71. The molecule has 1 atom stereocenters. The van der Waals surface area contributed by atoms with Crippen molar-refractivity contribution in [1.29, 1.82) is 0 Å². The van der Waals surface area contributed by atoms with E-state index in [0.29, 0.717) is 30.3 Å². The third-order valence-corrected chi connectivity index (χ3v) is 6.45. The molecule has 3 aromatic rings. The first-order valence-electron chi connectivity index (χ1n) is 14.7. The molecule has 1 aromatic heterocycles. The van der Waals surface area contributed by atoms with Crippen molar-refractivity contribution >= 4 is 23.9 Å². The Bertz CT molecular complexity index is 1520. The van der Waals surface area contributed by atoms with Crippen LogP contribution in [0.3, 0.4) is 0 Å². The Balaban J connectivity index is 1.38. The van der Waals surface area contributed by atoms with E-state index >= 15 is 0 Å². The van der Waals surface area contributed by atoms with E-state index in [1.165, 1.54) is 19.1 Å². The van der Waals surface area contributed by atoms with Crippen molar-refractivity contribution in [3.05, 3.63) is 72.1 Å². The van der Waals surface area contributed by atoms with E-state index in [1.54, 1.807) is 55.9 Å². The lowest BCUT2D eigenvalue weighted by Gasteiger charge is -2.32. The minimum Gasteiger partial charge on any atom is -0.490 e. The largest absolute Gasteiger partial charge is 0.490 e. The monoisotopic (exact) mass is 620 g/mol. The molecule has 1 aliphatic rings. The number of nitrogens with zero attached hydrogens (tertiary/aromatic N) is 3. The molecule has 12 nitrogen and oxygen atoms in total. The van der Waals surface area contributed by atoms with Gasteiger partial charge in [-0.15, -0.1) is 5.06 Å². The average molecular weight is 621 g/mol. The van der Waals surface area contributed by atoms with Crippen molar-refractivity contribution in [2.45, 2.75) is 78.2 Å². The van der Waals surface area contributed by atoms with Crippen LogP contribution in [0.1, 0.15) is 75.6 Å². The molecule has 240 valence electrons. The van der Waals surface area contributed by atoms with Crippen molar-refractivity contribution in [2.24, 2.45) is 0 Å². The van der Waals surface area contributed by atoms with E-state index in [1.807, 2.05) is 39.1 Å². The number of amides is 3. The molecule has 2 aromatic carbocycles. The molecule has 1 N–H and O–H groups in total. The molecule has 0 aliphatic carbocycles. The predicted molar refractivity (Wildman–Crippen MR) is 164 cm³/mol. The third-order valence-electron chi connectivity index (χ3n) is 6.45. The molecule has 12 heteroatoms. The standard InChI is InChI=1S/C33H40N4O8/c1-31(2,3)43-29(40)33(7,45-37-27(38)25-11-8-9-12-26(25)28(37)39)21-42-24-15-13-22(14-16-24)23-19-35-36(20-23)18-10-17-34-30(41)44-32(4,5)6/h8-9,11-16,19-20H,10,17-18,21H2,1-7H3,(H,34,41). The first-order chi connectivity index (χ1) is 21.0. The van der Waals surface area contributed by atoms with Gasteiger partial charge in [0.1, 0.15) is 23.6 Å². The Kier molecular flexibility index (Phi) is 9.67. The number of esters is 1. The number of benzene rings is 2. The Morgan fingerprint density at radius 1 is 0.822 bits per heavy atom. The molecular formula is C33H40N4O8. The summed E-state index contributed by atoms with van der Waals surface area (Å²) in [7, 11) is 0. The molecule has 0 spiro atoms. The third kappa shape index (κ3) is 8.69. The van der Waals surface area contributed by atoms with Gasteiger partial charge in [0.25, 0.3) is 11.8 Å². The smallest absolute Gasteiger partial charge is 0.407 e. The minimum absolute atomic E-state index is 0.186. The van der Waals surface area contributed by atoms with Gasteiger partial charge in [0.15, 0.2) is 0 Å². The lowest BCUT2D eigenvalue weighted by Crippen LogP contribution is -2.52. The second-order valence-electron chi connectivity index (χ2n) is 12.9. The van der Waals surface area contributed by atoms with E-state index in [-0.39, 0.29) is 17.7 Å². The summed E-state index contributed by atoms with van der Waals surface area (Å²) in [6.07, 6.45) is 3.87. The van der Waals surface area contributed by atoms with Gasteiger partial charge in [0.2, 0.25) is 5.60 Å². The quantitative estimate of drug-likeness (QED) is 0.175. The summed E-state index contributed by atoms with van der Waals surface area (Å²) in [5.41, 5.74) is -1.10. The lowest BCUT2D eigenvalue weighted by molar-refractivity contribution is -0.221. The number of hydrogen-bond donors (Lipinski definition) is 1. The number of fused-ring (bicyclic) bond motifs is 1. The van der Waals surface area contributed by atoms with Gasteiger partial charge in [-0.3, -0.25) is 14.3 Å². The molecule has 45 heavy (non-hydrogen) atoms. The number of nitrogens with one attached hydrogen (secondary N) is 1. The van der Waals surface area contributed by atoms with E-state index in [4.69, 9.17) is 19.0 Å². The molecule has 0 radical (unpaired) electrons. The summed E-state index contributed by atoms with van der Waals surface area (Å²) in [6, 6.07) is 13.5. The van der Waals surface area contributed by atoms with Crippen LogP contribution in [0.25, 0.3) is 11.1 Å².